The summed E-state index contributed by atoms with van der Waals surface area (Å²) in [5, 5.41) is 2.62. The van der Waals surface area contributed by atoms with Gasteiger partial charge in [0.05, 0.1) is 0 Å². The quantitative estimate of drug-likeness (QED) is 0.846. The summed E-state index contributed by atoms with van der Waals surface area (Å²) in [6.07, 6.45) is 3.47. The molecule has 2 N–H and O–H groups in total. The van der Waals surface area contributed by atoms with Crippen molar-refractivity contribution in [1.82, 2.24) is 9.88 Å². The highest BCUT2D eigenvalue weighted by Gasteiger charge is 2.18. The lowest BCUT2D eigenvalue weighted by Gasteiger charge is -2.22. The molecule has 0 saturated heterocycles. The second kappa shape index (κ2) is 7.87. The highest BCUT2D eigenvalue weighted by Crippen LogP contribution is 2.25. The van der Waals surface area contributed by atoms with Crippen molar-refractivity contribution in [3.63, 3.8) is 0 Å². The highest BCUT2D eigenvalue weighted by molar-refractivity contribution is 7.13. The number of hydrogen-bond acceptors (Lipinski definition) is 4. The second-order valence-electron chi connectivity index (χ2n) is 5.29. The molecular formula is C17H21N3O2S. The van der Waals surface area contributed by atoms with Crippen LogP contribution in [0.15, 0.2) is 29.8 Å². The van der Waals surface area contributed by atoms with E-state index in [0.717, 1.165) is 23.4 Å². The standard InChI is InChI=1S/C17H21N3O2S/c1-3-6-20(7-4-2)17(22)14-10-12(15(18)21)9-13(11-14)16-19-5-8-23-16/h5,8-11H,3-4,6-7H2,1-2H3,(H2,18,21). The number of benzene rings is 1. The van der Waals surface area contributed by atoms with Gasteiger partial charge in [0.15, 0.2) is 0 Å². The summed E-state index contributed by atoms with van der Waals surface area (Å²) in [7, 11) is 0. The van der Waals surface area contributed by atoms with Crippen LogP contribution in [0.2, 0.25) is 0 Å². The van der Waals surface area contributed by atoms with Gasteiger partial charge in [0.25, 0.3) is 5.91 Å². The molecule has 0 radical (unpaired) electrons. The molecule has 122 valence electrons. The number of nitrogens with two attached hydrogens (primary N) is 1. The largest absolute Gasteiger partial charge is 0.366 e. The van der Waals surface area contributed by atoms with Crippen molar-refractivity contribution in [3.8, 4) is 10.6 Å². The Labute approximate surface area is 140 Å². The first-order chi connectivity index (χ1) is 11.1. The maximum absolute atomic E-state index is 12.8. The zero-order valence-corrected chi connectivity index (χ0v) is 14.2. The van der Waals surface area contributed by atoms with E-state index in [1.54, 1.807) is 24.4 Å². The zero-order valence-electron chi connectivity index (χ0n) is 13.4. The van der Waals surface area contributed by atoms with Crippen molar-refractivity contribution in [1.29, 1.82) is 0 Å². The lowest BCUT2D eigenvalue weighted by molar-refractivity contribution is 0.0755. The molecule has 1 heterocycles. The first kappa shape index (κ1) is 17.1. The Morgan fingerprint density at radius 1 is 1.13 bits per heavy atom. The molecule has 1 aromatic carbocycles. The third-order valence-electron chi connectivity index (χ3n) is 3.42. The fourth-order valence-electron chi connectivity index (χ4n) is 2.42. The van der Waals surface area contributed by atoms with Crippen LogP contribution in [-0.4, -0.2) is 34.8 Å². The minimum Gasteiger partial charge on any atom is -0.366 e. The summed E-state index contributed by atoms with van der Waals surface area (Å²) in [5.74, 6) is -0.621. The predicted octanol–water partition coefficient (Wildman–Crippen LogP) is 3.17. The van der Waals surface area contributed by atoms with Crippen LogP contribution >= 0.6 is 11.3 Å². The van der Waals surface area contributed by atoms with Crippen LogP contribution in [0.5, 0.6) is 0 Å². The molecule has 0 fully saturated rings. The maximum atomic E-state index is 12.8. The number of carbonyl (C=O) groups is 2. The number of nitrogens with zero attached hydrogens (tertiary/aromatic N) is 2. The molecule has 0 aliphatic carbocycles. The zero-order chi connectivity index (χ0) is 16.8. The van der Waals surface area contributed by atoms with Crippen LogP contribution in [0.4, 0.5) is 0 Å². The highest BCUT2D eigenvalue weighted by atomic mass is 32.1. The van der Waals surface area contributed by atoms with Crippen LogP contribution in [-0.2, 0) is 0 Å². The van der Waals surface area contributed by atoms with Crippen molar-refractivity contribution in [2.24, 2.45) is 5.73 Å². The minimum absolute atomic E-state index is 0.0744. The van der Waals surface area contributed by atoms with Crippen LogP contribution < -0.4 is 5.73 Å². The molecule has 2 amide bonds. The Hall–Kier alpha value is -2.21. The summed E-state index contributed by atoms with van der Waals surface area (Å²) < 4.78 is 0. The van der Waals surface area contributed by atoms with Crippen molar-refractivity contribution in [3.05, 3.63) is 40.9 Å². The molecule has 0 spiro atoms. The Bertz CT molecular complexity index is 677. The Kier molecular flexibility index (Phi) is 5.87. The first-order valence-electron chi connectivity index (χ1n) is 7.70. The van der Waals surface area contributed by atoms with Crippen molar-refractivity contribution < 1.29 is 9.59 Å². The predicted molar refractivity (Wildman–Crippen MR) is 92.6 cm³/mol. The van der Waals surface area contributed by atoms with Gasteiger partial charge in [0.1, 0.15) is 5.01 Å². The molecule has 0 aliphatic heterocycles. The number of amides is 2. The van der Waals surface area contributed by atoms with Gasteiger partial charge in [-0.2, -0.15) is 0 Å². The van der Waals surface area contributed by atoms with E-state index in [2.05, 4.69) is 4.98 Å². The van der Waals surface area contributed by atoms with Gasteiger partial charge in [-0.05, 0) is 31.0 Å². The molecule has 6 heteroatoms. The Morgan fingerprint density at radius 3 is 2.30 bits per heavy atom. The number of hydrogen-bond donors (Lipinski definition) is 1. The summed E-state index contributed by atoms with van der Waals surface area (Å²) in [6.45, 7) is 5.47. The van der Waals surface area contributed by atoms with E-state index in [-0.39, 0.29) is 5.91 Å². The minimum atomic E-state index is -0.546. The van der Waals surface area contributed by atoms with E-state index in [1.165, 1.54) is 11.3 Å². The van der Waals surface area contributed by atoms with Gasteiger partial charge >= 0.3 is 0 Å². The van der Waals surface area contributed by atoms with Crippen LogP contribution in [0, 0.1) is 0 Å². The van der Waals surface area contributed by atoms with Gasteiger partial charge in [-0.25, -0.2) is 4.98 Å². The van der Waals surface area contributed by atoms with Crippen molar-refractivity contribution in [2.45, 2.75) is 26.7 Å². The van der Waals surface area contributed by atoms with E-state index < -0.39 is 5.91 Å². The van der Waals surface area contributed by atoms with E-state index in [0.29, 0.717) is 24.2 Å². The lowest BCUT2D eigenvalue weighted by Crippen LogP contribution is -2.32. The van der Waals surface area contributed by atoms with Crippen LogP contribution in [0.25, 0.3) is 10.6 Å². The molecule has 0 saturated carbocycles. The smallest absolute Gasteiger partial charge is 0.253 e. The van der Waals surface area contributed by atoms with Gasteiger partial charge in [0.2, 0.25) is 5.91 Å². The average Bonchev–Trinajstić information content (AvgIpc) is 3.08. The van der Waals surface area contributed by atoms with Crippen LogP contribution in [0.3, 0.4) is 0 Å². The lowest BCUT2D eigenvalue weighted by atomic mass is 10.0. The Morgan fingerprint density at radius 2 is 1.78 bits per heavy atom. The van der Waals surface area contributed by atoms with Crippen molar-refractivity contribution in [2.75, 3.05) is 13.1 Å². The monoisotopic (exact) mass is 331 g/mol. The molecular weight excluding hydrogens is 310 g/mol. The number of thiazole rings is 1. The van der Waals surface area contributed by atoms with Crippen molar-refractivity contribution >= 4 is 23.2 Å². The third kappa shape index (κ3) is 4.16. The summed E-state index contributed by atoms with van der Waals surface area (Å²) >= 11 is 1.46. The number of rotatable bonds is 7. The summed E-state index contributed by atoms with van der Waals surface area (Å²) in [4.78, 5) is 30.4. The normalized spacial score (nSPS) is 10.5. The SMILES string of the molecule is CCCN(CCC)C(=O)c1cc(C(N)=O)cc(-c2nccs2)c1. The maximum Gasteiger partial charge on any atom is 0.253 e. The van der Waals surface area contributed by atoms with Gasteiger partial charge < -0.3 is 10.6 Å². The fourth-order valence-corrected chi connectivity index (χ4v) is 3.05. The van der Waals surface area contributed by atoms with Gasteiger partial charge in [-0.1, -0.05) is 13.8 Å². The molecule has 23 heavy (non-hydrogen) atoms. The molecule has 0 unspecified atom stereocenters. The van der Waals surface area contributed by atoms with E-state index in [4.69, 9.17) is 5.73 Å². The molecule has 0 aliphatic rings. The summed E-state index contributed by atoms with van der Waals surface area (Å²) in [5.41, 5.74) is 6.97. The summed E-state index contributed by atoms with van der Waals surface area (Å²) in [6, 6.07) is 5.04. The first-order valence-corrected chi connectivity index (χ1v) is 8.58. The van der Waals surface area contributed by atoms with E-state index in [9.17, 15) is 9.59 Å². The molecule has 0 atom stereocenters. The second-order valence-corrected chi connectivity index (χ2v) is 6.19. The molecule has 0 bridgehead atoms. The average molecular weight is 331 g/mol. The Balaban J connectivity index is 2.44. The number of primary amides is 1. The van der Waals surface area contributed by atoms with Gasteiger partial charge in [0, 0.05) is 41.4 Å². The molecule has 5 nitrogen and oxygen atoms in total. The molecule has 2 aromatic rings. The van der Waals surface area contributed by atoms with E-state index in [1.807, 2.05) is 24.1 Å². The van der Waals surface area contributed by atoms with Gasteiger partial charge in [-0.15, -0.1) is 11.3 Å². The van der Waals surface area contributed by atoms with Crippen LogP contribution in [0.1, 0.15) is 47.4 Å². The number of carbonyl (C=O) groups excluding carboxylic acids is 2. The van der Waals surface area contributed by atoms with Gasteiger partial charge in [-0.3, -0.25) is 9.59 Å². The third-order valence-corrected chi connectivity index (χ3v) is 4.24. The number of aromatic nitrogens is 1. The molecule has 2 rings (SSSR count). The molecule has 1 aromatic heterocycles. The topological polar surface area (TPSA) is 76.3 Å². The fraction of sp³-hybridized carbons (Fsp3) is 0.353. The van der Waals surface area contributed by atoms with E-state index >= 15 is 0 Å².